The molecule has 142 valence electrons. The molecule has 1 aliphatic heterocycles. The molecule has 0 bridgehead atoms. The summed E-state index contributed by atoms with van der Waals surface area (Å²) in [7, 11) is -1.97. The normalized spacial score (nSPS) is 21.6. The third-order valence-corrected chi connectivity index (χ3v) is 5.95. The van der Waals surface area contributed by atoms with Crippen LogP contribution in [0.4, 0.5) is 4.39 Å². The number of nitrogens with one attached hydrogen (secondary N) is 1. The molecule has 8 heteroatoms. The second kappa shape index (κ2) is 9.70. The number of piperidine rings is 1. The van der Waals surface area contributed by atoms with Gasteiger partial charge in [-0.25, -0.2) is 12.8 Å². The van der Waals surface area contributed by atoms with Crippen LogP contribution in [0.5, 0.6) is 0 Å². The van der Waals surface area contributed by atoms with Gasteiger partial charge in [-0.15, -0.1) is 24.0 Å². The number of sulfone groups is 1. The summed E-state index contributed by atoms with van der Waals surface area (Å²) in [4.78, 5) is 6.17. The predicted molar refractivity (Wildman–Crippen MR) is 110 cm³/mol. The van der Waals surface area contributed by atoms with Crippen molar-refractivity contribution in [3.63, 3.8) is 0 Å². The molecule has 0 spiro atoms. The van der Waals surface area contributed by atoms with E-state index in [0.717, 1.165) is 19.2 Å². The van der Waals surface area contributed by atoms with Crippen molar-refractivity contribution in [2.45, 2.75) is 25.2 Å². The van der Waals surface area contributed by atoms with Crippen LogP contribution in [0.15, 0.2) is 34.2 Å². The van der Waals surface area contributed by atoms with Gasteiger partial charge < -0.3 is 10.2 Å². The minimum Gasteiger partial charge on any atom is -0.355 e. The first-order chi connectivity index (χ1) is 11.3. The first-order valence-electron chi connectivity index (χ1n) is 8.26. The quantitative estimate of drug-likeness (QED) is 0.407. The standard InChI is InChI=1S/C17H26FN3O2S.HI/c1-13-10-14(2)12-21(11-13)17(19-3)20-8-9-24(22,23)16-7-5-4-6-15(16)18;/h4-7,13-14H,8-12H2,1-3H3,(H,19,20);1H. The second-order valence-electron chi connectivity index (χ2n) is 6.57. The molecule has 0 aromatic heterocycles. The first-order valence-corrected chi connectivity index (χ1v) is 9.91. The average Bonchev–Trinajstić information content (AvgIpc) is 2.50. The van der Waals surface area contributed by atoms with Crippen molar-refractivity contribution >= 4 is 39.8 Å². The van der Waals surface area contributed by atoms with E-state index in [-0.39, 0.29) is 41.2 Å². The lowest BCUT2D eigenvalue weighted by atomic mass is 9.92. The second-order valence-corrected chi connectivity index (χ2v) is 8.65. The van der Waals surface area contributed by atoms with Gasteiger partial charge in [0.25, 0.3) is 0 Å². The highest BCUT2D eigenvalue weighted by Crippen LogP contribution is 2.21. The number of hydrogen-bond donors (Lipinski definition) is 1. The van der Waals surface area contributed by atoms with Crippen molar-refractivity contribution in [3.05, 3.63) is 30.1 Å². The van der Waals surface area contributed by atoms with E-state index < -0.39 is 15.7 Å². The topological polar surface area (TPSA) is 61.8 Å². The summed E-state index contributed by atoms with van der Waals surface area (Å²) in [5, 5.41) is 3.10. The molecule has 25 heavy (non-hydrogen) atoms. The molecule has 1 aromatic carbocycles. The monoisotopic (exact) mass is 483 g/mol. The van der Waals surface area contributed by atoms with Crippen molar-refractivity contribution in [1.82, 2.24) is 10.2 Å². The molecule has 1 aromatic rings. The van der Waals surface area contributed by atoms with Crippen molar-refractivity contribution in [1.29, 1.82) is 0 Å². The molecular weight excluding hydrogens is 456 g/mol. The van der Waals surface area contributed by atoms with Crippen LogP contribution in [-0.2, 0) is 9.84 Å². The van der Waals surface area contributed by atoms with Gasteiger partial charge in [-0.2, -0.15) is 0 Å². The Kier molecular flexibility index (Phi) is 8.59. The van der Waals surface area contributed by atoms with Crippen molar-refractivity contribution in [2.24, 2.45) is 16.8 Å². The van der Waals surface area contributed by atoms with E-state index in [1.165, 1.54) is 24.6 Å². The lowest BCUT2D eigenvalue weighted by Crippen LogP contribution is -2.49. The molecule has 2 atom stereocenters. The smallest absolute Gasteiger partial charge is 0.193 e. The highest BCUT2D eigenvalue weighted by atomic mass is 127. The first kappa shape index (κ1) is 22.1. The number of guanidine groups is 1. The molecule has 0 aliphatic carbocycles. The van der Waals surface area contributed by atoms with Crippen LogP contribution in [0.2, 0.25) is 0 Å². The Morgan fingerprint density at radius 1 is 1.28 bits per heavy atom. The van der Waals surface area contributed by atoms with Gasteiger partial charge in [0.05, 0.1) is 5.75 Å². The number of rotatable bonds is 4. The van der Waals surface area contributed by atoms with Crippen molar-refractivity contribution < 1.29 is 12.8 Å². The van der Waals surface area contributed by atoms with Crippen LogP contribution in [0.3, 0.4) is 0 Å². The third-order valence-electron chi connectivity index (χ3n) is 4.21. The van der Waals surface area contributed by atoms with E-state index in [1.807, 2.05) is 0 Å². The molecule has 1 N–H and O–H groups in total. The third kappa shape index (κ3) is 6.09. The molecule has 5 nitrogen and oxygen atoms in total. The van der Waals surface area contributed by atoms with E-state index in [1.54, 1.807) is 7.05 Å². The van der Waals surface area contributed by atoms with E-state index in [4.69, 9.17) is 0 Å². The fourth-order valence-corrected chi connectivity index (χ4v) is 4.51. The van der Waals surface area contributed by atoms with Gasteiger partial charge >= 0.3 is 0 Å². The predicted octanol–water partition coefficient (Wildman–Crippen LogP) is 2.77. The Bertz CT molecular complexity index is 687. The molecule has 2 unspecified atom stereocenters. The lowest BCUT2D eigenvalue weighted by Gasteiger charge is -2.37. The molecular formula is C17H27FIN3O2S. The Morgan fingerprint density at radius 3 is 2.44 bits per heavy atom. The highest BCUT2D eigenvalue weighted by Gasteiger charge is 2.24. The van der Waals surface area contributed by atoms with E-state index >= 15 is 0 Å². The SMILES string of the molecule is CN=C(NCCS(=O)(=O)c1ccccc1F)N1CC(C)CC(C)C1.I. The van der Waals surface area contributed by atoms with Gasteiger partial charge in [-0.3, -0.25) is 4.99 Å². The summed E-state index contributed by atoms with van der Waals surface area (Å²) >= 11 is 0. The minimum atomic E-state index is -3.66. The van der Waals surface area contributed by atoms with E-state index in [9.17, 15) is 12.8 Å². The molecule has 1 heterocycles. The van der Waals surface area contributed by atoms with Gasteiger partial charge in [-0.1, -0.05) is 26.0 Å². The maximum Gasteiger partial charge on any atom is 0.193 e. The van der Waals surface area contributed by atoms with Gasteiger partial charge in [0.2, 0.25) is 0 Å². The van der Waals surface area contributed by atoms with Crippen LogP contribution in [0, 0.1) is 17.7 Å². The number of benzene rings is 1. The summed E-state index contributed by atoms with van der Waals surface area (Å²) in [5.41, 5.74) is 0. The summed E-state index contributed by atoms with van der Waals surface area (Å²) < 4.78 is 38.2. The van der Waals surface area contributed by atoms with Gasteiger partial charge in [0.15, 0.2) is 15.8 Å². The zero-order chi connectivity index (χ0) is 17.7. The lowest BCUT2D eigenvalue weighted by molar-refractivity contribution is 0.209. The molecule has 0 amide bonds. The fraction of sp³-hybridized carbons (Fsp3) is 0.588. The summed E-state index contributed by atoms with van der Waals surface area (Å²) in [6.45, 7) is 6.42. The summed E-state index contributed by atoms with van der Waals surface area (Å²) in [5.74, 6) is 0.980. The molecule has 1 aliphatic rings. The highest BCUT2D eigenvalue weighted by molar-refractivity contribution is 14.0. The molecule has 1 saturated heterocycles. The largest absolute Gasteiger partial charge is 0.355 e. The van der Waals surface area contributed by atoms with Crippen molar-refractivity contribution in [3.8, 4) is 0 Å². The van der Waals surface area contributed by atoms with Crippen LogP contribution < -0.4 is 5.32 Å². The Morgan fingerprint density at radius 2 is 1.88 bits per heavy atom. The number of likely N-dealkylation sites (tertiary alicyclic amines) is 1. The zero-order valence-corrected chi connectivity index (χ0v) is 18.1. The fourth-order valence-electron chi connectivity index (χ4n) is 3.27. The Hall–Kier alpha value is -0.900. The van der Waals surface area contributed by atoms with Crippen LogP contribution in [0.1, 0.15) is 20.3 Å². The number of aliphatic imine (C=N–C) groups is 1. The molecule has 2 rings (SSSR count). The maximum absolute atomic E-state index is 13.7. The van der Waals surface area contributed by atoms with Crippen LogP contribution >= 0.6 is 24.0 Å². The average molecular weight is 483 g/mol. The maximum atomic E-state index is 13.7. The zero-order valence-electron chi connectivity index (χ0n) is 14.9. The Labute approximate surface area is 167 Å². The Balaban J connectivity index is 0.00000312. The summed E-state index contributed by atoms with van der Waals surface area (Å²) in [6.07, 6.45) is 1.19. The molecule has 1 fully saturated rings. The van der Waals surface area contributed by atoms with Gasteiger partial charge in [0, 0.05) is 26.7 Å². The van der Waals surface area contributed by atoms with Crippen molar-refractivity contribution in [2.75, 3.05) is 32.4 Å². The van der Waals surface area contributed by atoms with Gasteiger partial charge in [0.1, 0.15) is 10.7 Å². The van der Waals surface area contributed by atoms with E-state index in [0.29, 0.717) is 17.8 Å². The number of nitrogens with zero attached hydrogens (tertiary/aromatic N) is 2. The van der Waals surface area contributed by atoms with Gasteiger partial charge in [-0.05, 0) is 30.4 Å². The molecule has 0 saturated carbocycles. The number of hydrogen-bond acceptors (Lipinski definition) is 3. The van der Waals surface area contributed by atoms with E-state index in [2.05, 4.69) is 29.1 Å². The van der Waals surface area contributed by atoms with Crippen LogP contribution in [0.25, 0.3) is 0 Å². The molecule has 0 radical (unpaired) electrons. The minimum absolute atomic E-state index is 0. The summed E-state index contributed by atoms with van der Waals surface area (Å²) in [6, 6.07) is 5.47. The van der Waals surface area contributed by atoms with Crippen LogP contribution in [-0.4, -0.2) is 51.7 Å². The number of halogens is 2.